The van der Waals surface area contributed by atoms with E-state index in [-0.39, 0.29) is 11.9 Å². The van der Waals surface area contributed by atoms with Crippen LogP contribution in [-0.4, -0.2) is 28.0 Å². The quantitative estimate of drug-likeness (QED) is 0.110. The molecule has 1 unspecified atom stereocenters. The molecule has 0 bridgehead atoms. The van der Waals surface area contributed by atoms with Crippen LogP contribution in [0.5, 0.6) is 0 Å². The Morgan fingerprint density at radius 2 is 1.06 bits per heavy atom. The topological polar surface area (TPSA) is 75.4 Å². The van der Waals surface area contributed by atoms with Gasteiger partial charge < -0.3 is 11.1 Å². The van der Waals surface area contributed by atoms with Crippen LogP contribution in [0.4, 0.5) is 4.79 Å². The molecule has 0 aromatic carbocycles. The Kier molecular flexibility index (Phi) is 16.6. The molecule has 1 heterocycles. The Bertz CT molecular complexity index is 560. The van der Waals surface area contributed by atoms with Crippen LogP contribution in [0, 0.1) is 0 Å². The first kappa shape index (κ1) is 31.9. The van der Waals surface area contributed by atoms with Crippen molar-refractivity contribution in [2.24, 2.45) is 5.73 Å². The maximum atomic E-state index is 13.7. The maximum absolute atomic E-state index is 13.7. The number of amides is 3. The van der Waals surface area contributed by atoms with Crippen LogP contribution in [0.2, 0.25) is 0 Å². The number of hydrogen-bond donors (Lipinski definition) is 2. The van der Waals surface area contributed by atoms with Crippen molar-refractivity contribution >= 4 is 11.9 Å². The summed E-state index contributed by atoms with van der Waals surface area (Å²) < 4.78 is 0. The number of carbonyl (C=O) groups is 2. The number of carbonyl (C=O) groups excluding carboxylic acids is 2. The average molecular weight is 494 g/mol. The van der Waals surface area contributed by atoms with Gasteiger partial charge in [0.05, 0.1) is 0 Å². The Morgan fingerprint density at radius 1 is 0.657 bits per heavy atom. The number of hydrogen-bond acceptors (Lipinski definition) is 3. The molecule has 0 radical (unpaired) electrons. The molecular formula is C30H59N3O2. The minimum absolute atomic E-state index is 0.0833. The van der Waals surface area contributed by atoms with Crippen molar-refractivity contribution in [3.05, 3.63) is 0 Å². The van der Waals surface area contributed by atoms with Gasteiger partial charge in [-0.25, -0.2) is 9.69 Å². The van der Waals surface area contributed by atoms with E-state index in [1.807, 2.05) is 6.92 Å². The van der Waals surface area contributed by atoms with Gasteiger partial charge in [-0.1, -0.05) is 130 Å². The number of imide groups is 1. The Balaban J connectivity index is 2.72. The van der Waals surface area contributed by atoms with Gasteiger partial charge in [0, 0.05) is 0 Å². The van der Waals surface area contributed by atoms with Crippen LogP contribution in [-0.2, 0) is 4.79 Å². The minimum atomic E-state index is -0.866. The highest BCUT2D eigenvalue weighted by molar-refractivity contribution is 6.07. The Morgan fingerprint density at radius 3 is 1.46 bits per heavy atom. The summed E-state index contributed by atoms with van der Waals surface area (Å²) in [6, 6.07) is -0.269. The second-order valence-corrected chi connectivity index (χ2v) is 11.2. The minimum Gasteiger partial charge on any atom is -0.323 e. The number of nitrogens with one attached hydrogen (secondary N) is 1. The fourth-order valence-electron chi connectivity index (χ4n) is 5.57. The molecule has 3 N–H and O–H groups in total. The summed E-state index contributed by atoms with van der Waals surface area (Å²) in [6.07, 6.45) is 24.4. The highest BCUT2D eigenvalue weighted by atomic mass is 16.2. The first-order valence-electron chi connectivity index (χ1n) is 15.4. The highest BCUT2D eigenvalue weighted by Gasteiger charge is 2.55. The van der Waals surface area contributed by atoms with Crippen LogP contribution in [0.15, 0.2) is 0 Å². The summed E-state index contributed by atoms with van der Waals surface area (Å²) in [5, 5.41) is 3.08. The van der Waals surface area contributed by atoms with E-state index in [0.717, 1.165) is 38.5 Å². The second kappa shape index (κ2) is 18.2. The molecule has 5 heteroatoms. The number of rotatable bonds is 23. The maximum Gasteiger partial charge on any atom is 0.326 e. The molecule has 1 rings (SSSR count). The van der Waals surface area contributed by atoms with E-state index in [0.29, 0.717) is 25.7 Å². The SMILES string of the molecule is CCCCCCCCCCC(N)(CCCCCCCCCC)N1C(=O)NC(CC)(CCCC)C1=O. The molecule has 0 spiro atoms. The van der Waals surface area contributed by atoms with Crippen molar-refractivity contribution in [2.75, 3.05) is 0 Å². The van der Waals surface area contributed by atoms with Gasteiger partial charge >= 0.3 is 6.03 Å². The molecule has 0 aromatic rings. The van der Waals surface area contributed by atoms with Crippen LogP contribution in [0.3, 0.4) is 0 Å². The van der Waals surface area contributed by atoms with Gasteiger partial charge in [-0.3, -0.25) is 4.79 Å². The first-order valence-corrected chi connectivity index (χ1v) is 15.4. The molecule has 1 saturated heterocycles. The van der Waals surface area contributed by atoms with Crippen LogP contribution >= 0.6 is 0 Å². The van der Waals surface area contributed by atoms with E-state index in [1.165, 1.54) is 81.9 Å². The lowest BCUT2D eigenvalue weighted by molar-refractivity contribution is -0.136. The molecule has 1 aliphatic heterocycles. The number of unbranched alkanes of at least 4 members (excludes halogenated alkanes) is 15. The molecule has 1 fully saturated rings. The van der Waals surface area contributed by atoms with E-state index in [1.54, 1.807) is 0 Å². The van der Waals surface area contributed by atoms with Crippen molar-refractivity contribution in [3.8, 4) is 0 Å². The summed E-state index contributed by atoms with van der Waals surface area (Å²) in [5.74, 6) is -0.0833. The first-order chi connectivity index (χ1) is 16.9. The molecule has 35 heavy (non-hydrogen) atoms. The van der Waals surface area contributed by atoms with E-state index in [2.05, 4.69) is 26.1 Å². The van der Waals surface area contributed by atoms with Gasteiger partial charge in [0.1, 0.15) is 11.2 Å². The summed E-state index contributed by atoms with van der Waals surface area (Å²) in [5.41, 5.74) is 5.36. The molecule has 0 aromatic heterocycles. The average Bonchev–Trinajstić information content (AvgIpc) is 3.11. The molecule has 0 saturated carbocycles. The van der Waals surface area contributed by atoms with E-state index in [4.69, 9.17) is 5.73 Å². The lowest BCUT2D eigenvalue weighted by atomic mass is 9.87. The summed E-state index contributed by atoms with van der Waals surface area (Å²) in [4.78, 5) is 28.3. The summed E-state index contributed by atoms with van der Waals surface area (Å²) in [6.45, 7) is 8.63. The van der Waals surface area contributed by atoms with Crippen molar-refractivity contribution in [3.63, 3.8) is 0 Å². The Hall–Kier alpha value is -1.10. The van der Waals surface area contributed by atoms with Crippen molar-refractivity contribution in [1.29, 1.82) is 0 Å². The predicted octanol–water partition coefficient (Wildman–Crippen LogP) is 8.59. The standard InChI is InChI=1S/C30H59N3O2/c1-5-9-12-14-16-18-20-22-25-30(31,26-23-21-19-17-15-13-10-6-2)33-27(34)29(8-4,24-11-7-3)32-28(33)35/h5-26,31H2,1-4H3,(H,32,35). The molecule has 1 aliphatic rings. The second-order valence-electron chi connectivity index (χ2n) is 11.2. The monoisotopic (exact) mass is 493 g/mol. The summed E-state index contributed by atoms with van der Waals surface area (Å²) in [7, 11) is 0. The third-order valence-electron chi connectivity index (χ3n) is 8.09. The van der Waals surface area contributed by atoms with Crippen molar-refractivity contribution in [2.45, 2.75) is 180 Å². The molecular weight excluding hydrogens is 434 g/mol. The fourth-order valence-corrected chi connectivity index (χ4v) is 5.57. The molecule has 5 nitrogen and oxygen atoms in total. The van der Waals surface area contributed by atoms with Crippen LogP contribution in [0.1, 0.15) is 169 Å². The lowest BCUT2D eigenvalue weighted by Gasteiger charge is -2.38. The van der Waals surface area contributed by atoms with E-state index in [9.17, 15) is 9.59 Å². The molecule has 1 atom stereocenters. The van der Waals surface area contributed by atoms with Crippen molar-refractivity contribution < 1.29 is 9.59 Å². The van der Waals surface area contributed by atoms with Gasteiger partial charge in [0.25, 0.3) is 5.91 Å². The smallest absolute Gasteiger partial charge is 0.323 e. The number of urea groups is 1. The Labute approximate surface area is 217 Å². The zero-order chi connectivity index (χ0) is 26.0. The zero-order valence-electron chi connectivity index (χ0n) is 23.9. The third kappa shape index (κ3) is 10.8. The number of nitrogens with two attached hydrogens (primary N) is 1. The van der Waals surface area contributed by atoms with Gasteiger partial charge in [0.15, 0.2) is 0 Å². The van der Waals surface area contributed by atoms with E-state index >= 15 is 0 Å². The lowest BCUT2D eigenvalue weighted by Crippen LogP contribution is -2.59. The van der Waals surface area contributed by atoms with Gasteiger partial charge in [0.2, 0.25) is 0 Å². The highest BCUT2D eigenvalue weighted by Crippen LogP contribution is 2.34. The van der Waals surface area contributed by atoms with Gasteiger partial charge in [-0.05, 0) is 38.5 Å². The van der Waals surface area contributed by atoms with E-state index < -0.39 is 11.2 Å². The molecule has 3 amide bonds. The summed E-state index contributed by atoms with van der Waals surface area (Å²) >= 11 is 0. The zero-order valence-corrected chi connectivity index (χ0v) is 23.9. The third-order valence-corrected chi connectivity index (χ3v) is 8.09. The van der Waals surface area contributed by atoms with Crippen molar-refractivity contribution in [1.82, 2.24) is 10.2 Å². The van der Waals surface area contributed by atoms with Gasteiger partial charge in [-0.2, -0.15) is 0 Å². The fraction of sp³-hybridized carbons (Fsp3) is 0.933. The largest absolute Gasteiger partial charge is 0.326 e. The normalized spacial score (nSPS) is 18.5. The van der Waals surface area contributed by atoms with Gasteiger partial charge in [-0.15, -0.1) is 0 Å². The van der Waals surface area contributed by atoms with Crippen LogP contribution in [0.25, 0.3) is 0 Å². The molecule has 0 aliphatic carbocycles. The number of nitrogens with zero attached hydrogens (tertiary/aromatic N) is 1. The predicted molar refractivity (Wildman–Crippen MR) is 149 cm³/mol. The molecule has 206 valence electrons. The van der Waals surface area contributed by atoms with Crippen LogP contribution < -0.4 is 11.1 Å².